The quantitative estimate of drug-likeness (QED) is 0.0314. The smallest absolute Gasteiger partial charge is 0.457 e. The number of aliphatic hydroxyl groups is 2. The summed E-state index contributed by atoms with van der Waals surface area (Å²) in [5, 5.41) is 18.3. The van der Waals surface area contributed by atoms with E-state index in [1.54, 1.807) is 0 Å². The van der Waals surface area contributed by atoms with E-state index in [0.29, 0.717) is 6.61 Å². The van der Waals surface area contributed by atoms with E-state index in [1.807, 2.05) is 0 Å². The van der Waals surface area contributed by atoms with Gasteiger partial charge in [-0.15, -0.1) is 0 Å². The Kier molecular flexibility index (Phi) is 40.7. The highest BCUT2D eigenvalue weighted by Crippen LogP contribution is 2.43. The molecule has 0 saturated heterocycles. The molecule has 0 heterocycles. The number of ether oxygens (including phenoxy) is 2. The molecule has 318 valence electrons. The molecule has 0 aliphatic carbocycles. The molecule has 0 aromatic rings. The highest BCUT2D eigenvalue weighted by Gasteiger charge is 2.26. The van der Waals surface area contributed by atoms with E-state index in [2.05, 4.69) is 13.8 Å². The van der Waals surface area contributed by atoms with Crippen LogP contribution in [0.2, 0.25) is 0 Å². The fourth-order valence-electron chi connectivity index (χ4n) is 6.59. The van der Waals surface area contributed by atoms with Gasteiger partial charge in [0.1, 0.15) is 12.2 Å². The van der Waals surface area contributed by atoms with Crippen LogP contribution < -0.4 is 0 Å². The van der Waals surface area contributed by atoms with Gasteiger partial charge in [-0.3, -0.25) is 13.8 Å². The second-order valence-corrected chi connectivity index (χ2v) is 16.9. The standard InChI is InChI=1S/C43H87O9P/c1-3-5-7-9-11-13-15-17-19-21-23-25-27-29-31-33-35-43(46)52-42(40-51-53(47,48)50-38-41(45)37-44)39-49-36-34-32-30-28-26-24-22-20-18-16-14-12-10-8-6-4-2/h41-42,44-45H,3-40H2,1-2H3,(H,47,48)/t41-,42+/m0/s1. The van der Waals surface area contributed by atoms with Crippen molar-refractivity contribution in [3.05, 3.63) is 0 Å². The summed E-state index contributed by atoms with van der Waals surface area (Å²) < 4.78 is 33.4. The van der Waals surface area contributed by atoms with Crippen molar-refractivity contribution in [3.63, 3.8) is 0 Å². The van der Waals surface area contributed by atoms with E-state index in [4.69, 9.17) is 23.6 Å². The monoisotopic (exact) mass is 779 g/mol. The second kappa shape index (κ2) is 41.1. The molecule has 9 nitrogen and oxygen atoms in total. The molecule has 0 aliphatic heterocycles. The molecule has 0 radical (unpaired) electrons. The summed E-state index contributed by atoms with van der Waals surface area (Å²) in [5.41, 5.74) is 0. The molecule has 0 fully saturated rings. The lowest BCUT2D eigenvalue weighted by Crippen LogP contribution is -2.29. The molecule has 0 aliphatic rings. The van der Waals surface area contributed by atoms with Crippen LogP contribution in [-0.2, 0) is 27.9 Å². The highest BCUT2D eigenvalue weighted by atomic mass is 31.2. The molecule has 53 heavy (non-hydrogen) atoms. The summed E-state index contributed by atoms with van der Waals surface area (Å²) in [7, 11) is -4.51. The van der Waals surface area contributed by atoms with Crippen molar-refractivity contribution in [2.24, 2.45) is 0 Å². The molecule has 3 N–H and O–H groups in total. The third-order valence-electron chi connectivity index (χ3n) is 10.0. The zero-order valence-electron chi connectivity index (χ0n) is 34.8. The zero-order chi connectivity index (χ0) is 38.9. The van der Waals surface area contributed by atoms with Gasteiger partial charge in [-0.05, 0) is 12.8 Å². The molecule has 0 saturated carbocycles. The fourth-order valence-corrected chi connectivity index (χ4v) is 7.38. The topological polar surface area (TPSA) is 132 Å². The number of unbranched alkanes of at least 4 members (excludes halogenated alkanes) is 30. The van der Waals surface area contributed by atoms with Gasteiger partial charge >= 0.3 is 13.8 Å². The van der Waals surface area contributed by atoms with Crippen molar-refractivity contribution in [1.29, 1.82) is 0 Å². The van der Waals surface area contributed by atoms with Gasteiger partial charge in [-0.2, -0.15) is 0 Å². The average molecular weight is 779 g/mol. The van der Waals surface area contributed by atoms with Gasteiger partial charge in [0.25, 0.3) is 0 Å². The van der Waals surface area contributed by atoms with Crippen LogP contribution in [0.1, 0.15) is 226 Å². The number of carbonyl (C=O) groups is 1. The molecule has 0 bridgehead atoms. The Balaban J connectivity index is 4.10. The first-order valence-corrected chi connectivity index (χ1v) is 24.0. The third kappa shape index (κ3) is 40.9. The Morgan fingerprint density at radius 3 is 1.23 bits per heavy atom. The Labute approximate surface area is 327 Å². The van der Waals surface area contributed by atoms with Crippen molar-refractivity contribution >= 4 is 13.8 Å². The summed E-state index contributed by atoms with van der Waals surface area (Å²) in [4.78, 5) is 22.6. The predicted molar refractivity (Wildman–Crippen MR) is 219 cm³/mol. The summed E-state index contributed by atoms with van der Waals surface area (Å²) >= 11 is 0. The second-order valence-electron chi connectivity index (χ2n) is 15.4. The van der Waals surface area contributed by atoms with E-state index >= 15 is 0 Å². The summed E-state index contributed by atoms with van der Waals surface area (Å²) in [5.74, 6) is -0.376. The van der Waals surface area contributed by atoms with E-state index in [0.717, 1.165) is 32.1 Å². The Morgan fingerprint density at radius 1 is 0.509 bits per heavy atom. The number of aliphatic hydroxyl groups excluding tert-OH is 2. The van der Waals surface area contributed by atoms with Gasteiger partial charge in [0.2, 0.25) is 0 Å². The minimum atomic E-state index is -4.51. The fraction of sp³-hybridized carbons (Fsp3) is 0.977. The normalized spacial score (nSPS) is 14.0. The molecular formula is C43H87O9P. The summed E-state index contributed by atoms with van der Waals surface area (Å²) in [6.45, 7) is 3.58. The van der Waals surface area contributed by atoms with Crippen LogP contribution in [0.3, 0.4) is 0 Å². The van der Waals surface area contributed by atoms with Crippen LogP contribution in [0.5, 0.6) is 0 Å². The molecule has 1 unspecified atom stereocenters. The van der Waals surface area contributed by atoms with Crippen LogP contribution in [0, 0.1) is 0 Å². The van der Waals surface area contributed by atoms with Crippen LogP contribution >= 0.6 is 7.82 Å². The first-order valence-electron chi connectivity index (χ1n) is 22.5. The maximum atomic E-state index is 12.6. The van der Waals surface area contributed by atoms with Crippen LogP contribution in [0.15, 0.2) is 0 Å². The van der Waals surface area contributed by atoms with Crippen molar-refractivity contribution < 1.29 is 43.0 Å². The number of phosphoric acid groups is 1. The molecule has 0 aromatic carbocycles. The van der Waals surface area contributed by atoms with E-state index in [1.165, 1.54) is 173 Å². The Bertz CT molecular complexity index is 800. The maximum absolute atomic E-state index is 12.6. The number of carbonyl (C=O) groups excluding carboxylic acids is 1. The Hall–Kier alpha value is -0.540. The zero-order valence-corrected chi connectivity index (χ0v) is 35.7. The van der Waals surface area contributed by atoms with Gasteiger partial charge in [-0.25, -0.2) is 4.57 Å². The van der Waals surface area contributed by atoms with Crippen molar-refractivity contribution in [2.45, 2.75) is 238 Å². The first-order chi connectivity index (χ1) is 25.8. The molecule has 10 heteroatoms. The van der Waals surface area contributed by atoms with Crippen LogP contribution in [0.4, 0.5) is 0 Å². The SMILES string of the molecule is CCCCCCCCCCCCCCCCCCOC[C@H](COP(=O)(O)OC[C@@H](O)CO)OC(=O)CCCCCCCCCCCCCCCCCC. The van der Waals surface area contributed by atoms with Crippen molar-refractivity contribution in [2.75, 3.05) is 33.0 Å². The largest absolute Gasteiger partial charge is 0.472 e. The first kappa shape index (κ1) is 52.5. The van der Waals surface area contributed by atoms with Crippen molar-refractivity contribution in [3.8, 4) is 0 Å². The third-order valence-corrected chi connectivity index (χ3v) is 11.0. The molecular weight excluding hydrogens is 691 g/mol. The maximum Gasteiger partial charge on any atom is 0.472 e. The number of hydrogen-bond acceptors (Lipinski definition) is 8. The van der Waals surface area contributed by atoms with Gasteiger partial charge in [-0.1, -0.05) is 206 Å². The lowest BCUT2D eigenvalue weighted by Gasteiger charge is -2.20. The van der Waals surface area contributed by atoms with E-state index in [9.17, 15) is 19.4 Å². The number of phosphoric ester groups is 1. The van der Waals surface area contributed by atoms with Crippen LogP contribution in [-0.4, -0.2) is 66.3 Å². The van der Waals surface area contributed by atoms with Crippen molar-refractivity contribution in [1.82, 2.24) is 0 Å². The average Bonchev–Trinajstić information content (AvgIpc) is 3.15. The minimum Gasteiger partial charge on any atom is -0.457 e. The van der Waals surface area contributed by atoms with Gasteiger partial charge in [0.15, 0.2) is 0 Å². The van der Waals surface area contributed by atoms with Gasteiger partial charge < -0.3 is 24.6 Å². The number of rotatable bonds is 44. The van der Waals surface area contributed by atoms with E-state index in [-0.39, 0.29) is 25.6 Å². The lowest BCUT2D eigenvalue weighted by atomic mass is 10.0. The lowest BCUT2D eigenvalue weighted by molar-refractivity contribution is -0.154. The number of esters is 1. The Morgan fingerprint density at radius 2 is 0.849 bits per heavy atom. The molecule has 0 amide bonds. The van der Waals surface area contributed by atoms with E-state index < -0.39 is 33.2 Å². The summed E-state index contributed by atoms with van der Waals surface area (Å²) in [6.07, 6.45) is 39.1. The van der Waals surface area contributed by atoms with Gasteiger partial charge in [0, 0.05) is 13.0 Å². The molecule has 0 spiro atoms. The molecule has 0 rings (SSSR count). The number of hydrogen-bond donors (Lipinski definition) is 3. The molecule has 0 aromatic heterocycles. The highest BCUT2D eigenvalue weighted by molar-refractivity contribution is 7.47. The summed E-state index contributed by atoms with van der Waals surface area (Å²) in [6, 6.07) is 0. The minimum absolute atomic E-state index is 0.0582. The van der Waals surface area contributed by atoms with Gasteiger partial charge in [0.05, 0.1) is 26.4 Å². The molecule has 3 atom stereocenters. The predicted octanol–water partition coefficient (Wildman–Crippen LogP) is 12.3. The van der Waals surface area contributed by atoms with Crippen LogP contribution in [0.25, 0.3) is 0 Å².